The van der Waals surface area contributed by atoms with Crippen molar-refractivity contribution in [1.82, 2.24) is 0 Å². The molecule has 0 aromatic heterocycles. The minimum Gasteiger partial charge on any atom is -0.0923 e. The summed E-state index contributed by atoms with van der Waals surface area (Å²) in [5, 5.41) is 2.62. The Hall–Kier alpha value is -1.11. The Labute approximate surface area is 94.9 Å². The van der Waals surface area contributed by atoms with Crippen LogP contribution in [0.25, 0.3) is 10.8 Å². The lowest BCUT2D eigenvalue weighted by atomic mass is 9.27. The Kier molecular flexibility index (Phi) is 5.76. The number of benzene rings is 2. The lowest BCUT2D eigenvalue weighted by molar-refractivity contribution is 1.47. The fraction of sp³-hybridized carbons (Fsp3) is 0.167. The van der Waals surface area contributed by atoms with E-state index in [2.05, 4.69) is 48.5 Å². The van der Waals surface area contributed by atoms with Gasteiger partial charge in [-0.25, -0.2) is 0 Å². The molecule has 0 N–H and O–H groups in total. The van der Waals surface area contributed by atoms with Gasteiger partial charge in [0.25, 0.3) is 0 Å². The Morgan fingerprint density at radius 2 is 1.33 bits per heavy atom. The molecule has 2 rings (SSSR count). The summed E-state index contributed by atoms with van der Waals surface area (Å²) >= 11 is 0. The van der Waals surface area contributed by atoms with Crippen LogP contribution in [-0.4, -0.2) is 22.0 Å². The van der Waals surface area contributed by atoms with Crippen molar-refractivity contribution >= 4 is 32.7 Å². The smallest absolute Gasteiger partial charge is 0.0541 e. The Morgan fingerprint density at radius 1 is 0.933 bits per heavy atom. The molecule has 0 nitrogen and oxygen atoms in total. The SMILES string of the molecule is [B][B][B]CC.c1ccc2ccccc2c1. The summed E-state index contributed by atoms with van der Waals surface area (Å²) in [6.07, 6.45) is 1.04. The lowest BCUT2D eigenvalue weighted by Gasteiger charge is -1.92. The van der Waals surface area contributed by atoms with Gasteiger partial charge in [-0.1, -0.05) is 61.8 Å². The highest BCUT2D eigenvalue weighted by atomic mass is 13.9. The van der Waals surface area contributed by atoms with Gasteiger partial charge in [0.1, 0.15) is 0 Å². The molecule has 0 fully saturated rings. The zero-order valence-corrected chi connectivity index (χ0v) is 9.06. The van der Waals surface area contributed by atoms with Crippen LogP contribution in [0.15, 0.2) is 48.5 Å². The van der Waals surface area contributed by atoms with Crippen LogP contribution in [0.2, 0.25) is 6.32 Å². The third-order valence-corrected chi connectivity index (χ3v) is 2.03. The zero-order chi connectivity index (χ0) is 10.9. The van der Waals surface area contributed by atoms with Crippen molar-refractivity contribution in [3.8, 4) is 0 Å². The number of hydrogen-bond acceptors (Lipinski definition) is 0. The summed E-state index contributed by atoms with van der Waals surface area (Å²) in [5.74, 6) is 0. The molecule has 0 aliphatic heterocycles. The minimum atomic E-state index is 1.04. The van der Waals surface area contributed by atoms with Crippen molar-refractivity contribution < 1.29 is 0 Å². The molecule has 0 saturated carbocycles. The van der Waals surface area contributed by atoms with Gasteiger partial charge in [0.15, 0.2) is 0 Å². The van der Waals surface area contributed by atoms with Gasteiger partial charge in [-0.05, 0) is 10.8 Å². The standard InChI is InChI=1S/C10H8.C2H5B3/c1-2-6-10-8-4-3-7-9(10)5-1;1-2-4-5-3/h1-8H;2H2,1H3. The molecular weight excluding hydrogens is 177 g/mol. The molecule has 0 heterocycles. The van der Waals surface area contributed by atoms with Crippen LogP contribution < -0.4 is 0 Å². The van der Waals surface area contributed by atoms with Crippen LogP contribution in [-0.2, 0) is 0 Å². The van der Waals surface area contributed by atoms with Crippen molar-refractivity contribution in [1.29, 1.82) is 0 Å². The first kappa shape index (κ1) is 12.0. The summed E-state index contributed by atoms with van der Waals surface area (Å²) in [7, 11) is 8.42. The average Bonchev–Trinajstić information content (AvgIpc) is 2.31. The van der Waals surface area contributed by atoms with Gasteiger partial charge in [0.05, 0.1) is 7.17 Å². The highest BCUT2D eigenvalue weighted by molar-refractivity contribution is 7.23. The van der Waals surface area contributed by atoms with Crippen LogP contribution in [0.5, 0.6) is 0 Å². The fourth-order valence-electron chi connectivity index (χ4n) is 1.27. The molecule has 0 bridgehead atoms. The molecule has 2 aromatic rings. The summed E-state index contributed by atoms with van der Waals surface area (Å²) in [4.78, 5) is 0. The molecule has 15 heavy (non-hydrogen) atoms. The first-order valence-electron chi connectivity index (χ1n) is 5.19. The van der Waals surface area contributed by atoms with Crippen molar-refractivity contribution in [3.05, 3.63) is 48.5 Å². The fourth-order valence-corrected chi connectivity index (χ4v) is 1.27. The average molecular weight is 190 g/mol. The first-order chi connectivity index (χ1) is 7.38. The molecule has 0 spiro atoms. The third-order valence-electron chi connectivity index (χ3n) is 2.03. The van der Waals surface area contributed by atoms with Crippen molar-refractivity contribution in [2.75, 3.05) is 0 Å². The largest absolute Gasteiger partial charge is 0.0923 e. The van der Waals surface area contributed by atoms with E-state index in [1.54, 1.807) is 7.06 Å². The number of rotatable bonds is 2. The van der Waals surface area contributed by atoms with Crippen LogP contribution in [0.3, 0.4) is 0 Å². The normalized spacial score (nSPS) is 8.87. The van der Waals surface area contributed by atoms with Crippen molar-refractivity contribution in [3.63, 3.8) is 0 Å². The van der Waals surface area contributed by atoms with E-state index < -0.39 is 0 Å². The third kappa shape index (κ3) is 4.29. The lowest BCUT2D eigenvalue weighted by Crippen LogP contribution is -1.98. The molecule has 70 valence electrons. The molecule has 0 aliphatic rings. The van der Waals surface area contributed by atoms with Crippen LogP contribution >= 0.6 is 0 Å². The van der Waals surface area contributed by atoms with E-state index in [-0.39, 0.29) is 0 Å². The van der Waals surface area contributed by atoms with Gasteiger partial charge >= 0.3 is 0 Å². The molecule has 2 aromatic carbocycles. The van der Waals surface area contributed by atoms with Crippen LogP contribution in [0.1, 0.15) is 6.92 Å². The van der Waals surface area contributed by atoms with Gasteiger partial charge in [-0.3, -0.25) is 0 Å². The maximum Gasteiger partial charge on any atom is 0.0541 e. The Balaban J connectivity index is 0.000000195. The molecule has 0 amide bonds. The van der Waals surface area contributed by atoms with Gasteiger partial charge in [-0.2, -0.15) is 0 Å². The van der Waals surface area contributed by atoms with E-state index in [0.29, 0.717) is 0 Å². The molecule has 4 radical (unpaired) electrons. The second kappa shape index (κ2) is 7.22. The highest BCUT2D eigenvalue weighted by Crippen LogP contribution is 2.11. The van der Waals surface area contributed by atoms with E-state index in [4.69, 9.17) is 7.74 Å². The van der Waals surface area contributed by atoms with Gasteiger partial charge < -0.3 is 0 Å². The molecule has 0 unspecified atom stereocenters. The predicted molar refractivity (Wildman–Crippen MR) is 71.7 cm³/mol. The summed E-state index contributed by atoms with van der Waals surface area (Å²) < 4.78 is 0. The first-order valence-corrected chi connectivity index (χ1v) is 5.19. The number of fused-ring (bicyclic) bond motifs is 1. The van der Waals surface area contributed by atoms with Crippen LogP contribution in [0.4, 0.5) is 0 Å². The quantitative estimate of drug-likeness (QED) is 0.638. The Bertz CT molecular complexity index is 320. The van der Waals surface area contributed by atoms with Crippen molar-refractivity contribution in [2.45, 2.75) is 13.2 Å². The van der Waals surface area contributed by atoms with E-state index >= 15 is 0 Å². The van der Waals surface area contributed by atoms with E-state index in [1.165, 1.54) is 10.8 Å². The minimum absolute atomic E-state index is 1.04. The van der Waals surface area contributed by atoms with Crippen molar-refractivity contribution in [2.24, 2.45) is 0 Å². The molecule has 0 saturated heterocycles. The van der Waals surface area contributed by atoms with E-state index in [1.807, 2.05) is 14.1 Å². The monoisotopic (exact) mass is 190 g/mol. The van der Waals surface area contributed by atoms with Gasteiger partial charge in [0.2, 0.25) is 0 Å². The van der Waals surface area contributed by atoms with Gasteiger partial charge in [0, 0.05) is 14.8 Å². The Morgan fingerprint density at radius 3 is 1.53 bits per heavy atom. The second-order valence-electron chi connectivity index (χ2n) is 3.18. The van der Waals surface area contributed by atoms with E-state index in [9.17, 15) is 0 Å². The maximum absolute atomic E-state index is 4.96. The van der Waals surface area contributed by atoms with E-state index in [0.717, 1.165) is 6.32 Å². The molecule has 0 aliphatic carbocycles. The molecule has 3 heteroatoms. The zero-order valence-electron chi connectivity index (χ0n) is 9.06. The summed E-state index contributed by atoms with van der Waals surface area (Å²) in [6.45, 7) is 2.04. The summed E-state index contributed by atoms with van der Waals surface area (Å²) in [5.41, 5.74) is 0. The summed E-state index contributed by atoms with van der Waals surface area (Å²) in [6, 6.07) is 16.7. The molecular formula is C12H13B3. The highest BCUT2D eigenvalue weighted by Gasteiger charge is 1.85. The second-order valence-corrected chi connectivity index (χ2v) is 3.18. The predicted octanol–water partition coefficient (Wildman–Crippen LogP) is 2.67. The van der Waals surface area contributed by atoms with Crippen LogP contribution in [0, 0.1) is 0 Å². The maximum atomic E-state index is 4.96. The van der Waals surface area contributed by atoms with Gasteiger partial charge in [-0.15, -0.1) is 0 Å². The molecule has 0 atom stereocenters. The number of hydrogen-bond donors (Lipinski definition) is 0. The topological polar surface area (TPSA) is 0 Å².